The molecule has 0 saturated heterocycles. The van der Waals surface area contributed by atoms with Gasteiger partial charge in [-0.1, -0.05) is 12.1 Å². The number of benzene rings is 1. The van der Waals surface area contributed by atoms with E-state index in [2.05, 4.69) is 0 Å². The van der Waals surface area contributed by atoms with Crippen molar-refractivity contribution in [2.45, 2.75) is 0 Å². The molecule has 0 atom stereocenters. The Morgan fingerprint density at radius 3 is 2.43 bits per heavy atom. The Balaban J connectivity index is 1.94. The number of rotatable bonds is 10. The number of amides is 1. The summed E-state index contributed by atoms with van der Waals surface area (Å²) in [6.45, 7) is 2.39. The van der Waals surface area contributed by atoms with Gasteiger partial charge in [0.2, 0.25) is 0 Å². The van der Waals surface area contributed by atoms with Crippen LogP contribution in [-0.2, 0) is 9.47 Å². The molecule has 0 heterocycles. The van der Waals surface area contributed by atoms with Crippen molar-refractivity contribution in [3.05, 3.63) is 24.3 Å². The van der Waals surface area contributed by atoms with E-state index in [1.54, 1.807) is 12.1 Å². The number of nitrogen functional groups attached to an aromatic ring is 1. The number of hydrogen-bond acceptors (Lipinski definition) is 5. The second kappa shape index (κ2) is 9.84. The van der Waals surface area contributed by atoms with Crippen LogP contribution in [0.2, 0.25) is 0 Å². The number of ether oxygens (including phenoxy) is 3. The number of nitrogens with zero attached hydrogens (tertiary/aromatic N) is 1. The molecule has 1 aromatic rings. The lowest BCUT2D eigenvalue weighted by molar-refractivity contribution is 0.0314. The van der Waals surface area contributed by atoms with Gasteiger partial charge in [0.15, 0.2) is 0 Å². The quantitative estimate of drug-likeness (QED) is 0.499. The summed E-state index contributed by atoms with van der Waals surface area (Å²) in [6.07, 6.45) is -0.966. The first-order valence-electron chi connectivity index (χ1n) is 6.68. The van der Waals surface area contributed by atoms with Crippen molar-refractivity contribution < 1.29 is 24.1 Å². The molecule has 0 saturated carbocycles. The number of hydrogen-bond donors (Lipinski definition) is 2. The van der Waals surface area contributed by atoms with E-state index in [0.29, 0.717) is 51.0 Å². The SMILES string of the molecule is CN(CCOCCOCCOc1ccccc1N)C(=O)O. The summed E-state index contributed by atoms with van der Waals surface area (Å²) in [5.41, 5.74) is 6.33. The van der Waals surface area contributed by atoms with E-state index in [1.807, 2.05) is 12.1 Å². The van der Waals surface area contributed by atoms with Crippen molar-refractivity contribution in [3.8, 4) is 5.75 Å². The van der Waals surface area contributed by atoms with E-state index in [-0.39, 0.29) is 0 Å². The molecule has 21 heavy (non-hydrogen) atoms. The molecule has 0 fully saturated rings. The van der Waals surface area contributed by atoms with Gasteiger partial charge in [-0.15, -0.1) is 0 Å². The van der Waals surface area contributed by atoms with Crippen LogP contribution in [-0.4, -0.2) is 62.7 Å². The molecule has 118 valence electrons. The molecule has 7 heteroatoms. The molecule has 7 nitrogen and oxygen atoms in total. The summed E-state index contributed by atoms with van der Waals surface area (Å²) in [5.74, 6) is 0.647. The van der Waals surface area contributed by atoms with E-state index in [0.717, 1.165) is 0 Å². The normalized spacial score (nSPS) is 10.3. The molecule has 0 aliphatic heterocycles. The highest BCUT2D eigenvalue weighted by atomic mass is 16.5. The van der Waals surface area contributed by atoms with Crippen LogP contribution < -0.4 is 10.5 Å². The lowest BCUT2D eigenvalue weighted by Crippen LogP contribution is -2.28. The monoisotopic (exact) mass is 298 g/mol. The molecule has 3 N–H and O–H groups in total. The molecule has 0 radical (unpaired) electrons. The molecule has 0 aliphatic rings. The van der Waals surface area contributed by atoms with Crippen molar-refractivity contribution in [1.82, 2.24) is 4.90 Å². The third-order valence-corrected chi connectivity index (χ3v) is 2.67. The topological polar surface area (TPSA) is 94.3 Å². The number of nitrogens with two attached hydrogens (primary N) is 1. The molecule has 0 unspecified atom stereocenters. The molecular weight excluding hydrogens is 276 g/mol. The molecule has 1 amide bonds. The zero-order chi connectivity index (χ0) is 15.5. The van der Waals surface area contributed by atoms with Gasteiger partial charge in [-0.3, -0.25) is 0 Å². The molecule has 1 aromatic carbocycles. The van der Waals surface area contributed by atoms with Gasteiger partial charge in [-0.05, 0) is 12.1 Å². The molecule has 0 aromatic heterocycles. The number of anilines is 1. The van der Waals surface area contributed by atoms with Gasteiger partial charge >= 0.3 is 6.09 Å². The van der Waals surface area contributed by atoms with Crippen LogP contribution >= 0.6 is 0 Å². The summed E-state index contributed by atoms with van der Waals surface area (Å²) in [6, 6.07) is 7.28. The maximum absolute atomic E-state index is 10.5. The Kier molecular flexibility index (Phi) is 8.00. The Morgan fingerprint density at radius 1 is 1.14 bits per heavy atom. The second-order valence-electron chi connectivity index (χ2n) is 4.32. The fraction of sp³-hybridized carbons (Fsp3) is 0.500. The summed E-state index contributed by atoms with van der Waals surface area (Å²) < 4.78 is 16.0. The smallest absolute Gasteiger partial charge is 0.407 e. The zero-order valence-electron chi connectivity index (χ0n) is 12.2. The first-order valence-corrected chi connectivity index (χ1v) is 6.68. The average molecular weight is 298 g/mol. The Hall–Kier alpha value is -1.99. The fourth-order valence-corrected chi connectivity index (χ4v) is 1.44. The second-order valence-corrected chi connectivity index (χ2v) is 4.32. The first kappa shape index (κ1) is 17.1. The minimum atomic E-state index is -0.966. The molecule has 0 spiro atoms. The highest BCUT2D eigenvalue weighted by Crippen LogP contribution is 2.19. The van der Waals surface area contributed by atoms with E-state index < -0.39 is 6.09 Å². The van der Waals surface area contributed by atoms with Crippen molar-refractivity contribution in [3.63, 3.8) is 0 Å². The van der Waals surface area contributed by atoms with Crippen molar-refractivity contribution >= 4 is 11.8 Å². The Morgan fingerprint density at radius 2 is 1.76 bits per heavy atom. The van der Waals surface area contributed by atoms with Crippen LogP contribution in [0.25, 0.3) is 0 Å². The maximum atomic E-state index is 10.5. The predicted octanol–water partition coefficient (Wildman–Crippen LogP) is 1.29. The highest BCUT2D eigenvalue weighted by Gasteiger charge is 2.03. The van der Waals surface area contributed by atoms with Crippen LogP contribution in [0.3, 0.4) is 0 Å². The van der Waals surface area contributed by atoms with E-state index in [9.17, 15) is 4.79 Å². The fourth-order valence-electron chi connectivity index (χ4n) is 1.44. The highest BCUT2D eigenvalue weighted by molar-refractivity contribution is 5.64. The minimum absolute atomic E-state index is 0.339. The third kappa shape index (κ3) is 7.38. The maximum Gasteiger partial charge on any atom is 0.407 e. The van der Waals surface area contributed by atoms with Gasteiger partial charge in [0.1, 0.15) is 12.4 Å². The Bertz CT molecular complexity index is 428. The van der Waals surface area contributed by atoms with Gasteiger partial charge in [-0.2, -0.15) is 0 Å². The molecule has 1 rings (SSSR count). The van der Waals surface area contributed by atoms with Crippen LogP contribution in [0.5, 0.6) is 5.75 Å². The summed E-state index contributed by atoms with van der Waals surface area (Å²) in [4.78, 5) is 11.7. The first-order chi connectivity index (χ1) is 10.1. The number of para-hydroxylation sites is 2. The van der Waals surface area contributed by atoms with E-state index >= 15 is 0 Å². The molecule has 0 aliphatic carbocycles. The van der Waals surface area contributed by atoms with Gasteiger partial charge < -0.3 is 30.0 Å². The third-order valence-electron chi connectivity index (χ3n) is 2.67. The van der Waals surface area contributed by atoms with E-state index in [4.69, 9.17) is 25.1 Å². The standard InChI is InChI=1S/C14H22N2O5/c1-16(14(17)18)6-7-19-8-9-20-10-11-21-13-5-3-2-4-12(13)15/h2-5H,6-11,15H2,1H3,(H,17,18). The number of carbonyl (C=O) groups is 1. The molecular formula is C14H22N2O5. The van der Waals surface area contributed by atoms with Crippen LogP contribution in [0.4, 0.5) is 10.5 Å². The van der Waals surface area contributed by atoms with Crippen LogP contribution in [0.15, 0.2) is 24.3 Å². The largest absolute Gasteiger partial charge is 0.489 e. The van der Waals surface area contributed by atoms with Crippen LogP contribution in [0.1, 0.15) is 0 Å². The summed E-state index contributed by atoms with van der Waals surface area (Å²) >= 11 is 0. The predicted molar refractivity (Wildman–Crippen MR) is 78.6 cm³/mol. The van der Waals surface area contributed by atoms with Gasteiger partial charge in [0.25, 0.3) is 0 Å². The van der Waals surface area contributed by atoms with Gasteiger partial charge in [0, 0.05) is 13.6 Å². The zero-order valence-corrected chi connectivity index (χ0v) is 12.2. The number of likely N-dealkylation sites (N-methyl/N-ethyl adjacent to an activating group) is 1. The van der Waals surface area contributed by atoms with Crippen molar-refractivity contribution in [1.29, 1.82) is 0 Å². The minimum Gasteiger partial charge on any atom is -0.489 e. The van der Waals surface area contributed by atoms with Crippen LogP contribution in [0, 0.1) is 0 Å². The Labute approximate surface area is 124 Å². The van der Waals surface area contributed by atoms with Gasteiger partial charge in [0.05, 0.1) is 32.1 Å². The lowest BCUT2D eigenvalue weighted by atomic mass is 10.3. The summed E-state index contributed by atoms with van der Waals surface area (Å²) in [7, 11) is 1.49. The molecule has 0 bridgehead atoms. The lowest BCUT2D eigenvalue weighted by Gasteiger charge is -2.13. The average Bonchev–Trinajstić information content (AvgIpc) is 2.46. The van der Waals surface area contributed by atoms with Crippen molar-refractivity contribution in [2.75, 3.05) is 52.4 Å². The van der Waals surface area contributed by atoms with Crippen molar-refractivity contribution in [2.24, 2.45) is 0 Å². The van der Waals surface area contributed by atoms with Gasteiger partial charge in [-0.25, -0.2) is 4.79 Å². The number of carboxylic acid groups (broad SMARTS) is 1. The van der Waals surface area contributed by atoms with E-state index in [1.165, 1.54) is 11.9 Å². The summed E-state index contributed by atoms with van der Waals surface area (Å²) in [5, 5.41) is 8.62.